The van der Waals surface area contributed by atoms with Gasteiger partial charge in [0.05, 0.1) is 24.1 Å². The third-order valence-electron chi connectivity index (χ3n) is 3.52. The van der Waals surface area contributed by atoms with E-state index in [1.54, 1.807) is 7.11 Å². The van der Waals surface area contributed by atoms with Crippen LogP contribution in [0.3, 0.4) is 0 Å². The number of hydrogen-bond acceptors (Lipinski definition) is 3. The van der Waals surface area contributed by atoms with Gasteiger partial charge in [0.1, 0.15) is 5.82 Å². The molecule has 2 aromatic rings. The van der Waals surface area contributed by atoms with Crippen LogP contribution in [0, 0.1) is 5.41 Å². The van der Waals surface area contributed by atoms with E-state index >= 15 is 0 Å². The zero-order chi connectivity index (χ0) is 15.5. The number of imidazole rings is 1. The molecule has 1 heterocycles. The number of carboxylic acid groups (broad SMARTS) is 1. The van der Waals surface area contributed by atoms with Gasteiger partial charge in [-0.15, -0.1) is 0 Å². The highest BCUT2D eigenvalue weighted by atomic mass is 16.5. The Labute approximate surface area is 124 Å². The predicted molar refractivity (Wildman–Crippen MR) is 81.3 cm³/mol. The largest absolute Gasteiger partial charge is 0.481 e. The van der Waals surface area contributed by atoms with E-state index in [4.69, 9.17) is 9.84 Å². The van der Waals surface area contributed by atoms with Gasteiger partial charge >= 0.3 is 5.97 Å². The summed E-state index contributed by atoms with van der Waals surface area (Å²) in [7, 11) is 1.67. The number of ether oxygens (including phenoxy) is 1. The third kappa shape index (κ3) is 3.82. The zero-order valence-corrected chi connectivity index (χ0v) is 12.8. The standard InChI is InChI=1S/C16H22N2O3/c1-16(2,11-15(19)20)10-14-17-12-6-4-5-7-13(12)18(14)8-9-21-3/h4-7H,8-11H2,1-3H3,(H,19,20). The second-order valence-corrected chi connectivity index (χ2v) is 6.07. The topological polar surface area (TPSA) is 64.3 Å². The van der Waals surface area contributed by atoms with Crippen LogP contribution in [0.5, 0.6) is 0 Å². The summed E-state index contributed by atoms with van der Waals surface area (Å²) >= 11 is 0. The first-order valence-corrected chi connectivity index (χ1v) is 7.08. The van der Waals surface area contributed by atoms with Gasteiger partial charge in [-0.05, 0) is 17.5 Å². The van der Waals surface area contributed by atoms with Gasteiger partial charge in [-0.25, -0.2) is 4.98 Å². The minimum Gasteiger partial charge on any atom is -0.481 e. The number of aromatic nitrogens is 2. The normalized spacial score (nSPS) is 12.0. The smallest absolute Gasteiger partial charge is 0.303 e. The first-order chi connectivity index (χ1) is 9.93. The van der Waals surface area contributed by atoms with E-state index in [1.165, 1.54) is 0 Å². The second-order valence-electron chi connectivity index (χ2n) is 6.07. The van der Waals surface area contributed by atoms with Gasteiger partial charge in [0.15, 0.2) is 0 Å². The molecule has 0 aliphatic heterocycles. The van der Waals surface area contributed by atoms with Crippen molar-refractivity contribution in [1.82, 2.24) is 9.55 Å². The molecule has 1 aromatic heterocycles. The lowest BCUT2D eigenvalue weighted by Crippen LogP contribution is -2.22. The maximum Gasteiger partial charge on any atom is 0.303 e. The average Bonchev–Trinajstić information content (AvgIpc) is 2.71. The zero-order valence-electron chi connectivity index (χ0n) is 12.8. The molecular weight excluding hydrogens is 268 g/mol. The van der Waals surface area contributed by atoms with E-state index in [0.717, 1.165) is 23.4 Å². The van der Waals surface area contributed by atoms with Crippen molar-refractivity contribution < 1.29 is 14.6 Å². The van der Waals surface area contributed by atoms with E-state index in [-0.39, 0.29) is 11.8 Å². The van der Waals surface area contributed by atoms with Crippen LogP contribution < -0.4 is 0 Å². The lowest BCUT2D eigenvalue weighted by atomic mass is 9.85. The highest BCUT2D eigenvalue weighted by molar-refractivity contribution is 5.76. The fraction of sp³-hybridized carbons (Fsp3) is 0.500. The van der Waals surface area contributed by atoms with Crippen LogP contribution >= 0.6 is 0 Å². The van der Waals surface area contributed by atoms with Gasteiger partial charge in [-0.2, -0.15) is 0 Å². The van der Waals surface area contributed by atoms with E-state index in [0.29, 0.717) is 13.0 Å². The third-order valence-corrected chi connectivity index (χ3v) is 3.52. The Kier molecular flexibility index (Phi) is 4.63. The molecule has 0 atom stereocenters. The monoisotopic (exact) mass is 290 g/mol. The van der Waals surface area contributed by atoms with Crippen LogP contribution in [-0.2, 0) is 22.5 Å². The van der Waals surface area contributed by atoms with Crippen molar-refractivity contribution in [2.24, 2.45) is 5.41 Å². The fourth-order valence-corrected chi connectivity index (χ4v) is 2.59. The molecule has 0 bridgehead atoms. The van der Waals surface area contributed by atoms with Crippen molar-refractivity contribution >= 4 is 17.0 Å². The molecule has 0 aliphatic carbocycles. The number of para-hydroxylation sites is 2. The van der Waals surface area contributed by atoms with Crippen molar-refractivity contribution in [2.45, 2.75) is 33.2 Å². The molecule has 1 N–H and O–H groups in total. The van der Waals surface area contributed by atoms with Gasteiger partial charge < -0.3 is 14.4 Å². The highest BCUT2D eigenvalue weighted by Gasteiger charge is 2.25. The van der Waals surface area contributed by atoms with E-state index < -0.39 is 5.97 Å². The molecule has 0 unspecified atom stereocenters. The Morgan fingerprint density at radius 3 is 2.76 bits per heavy atom. The Hall–Kier alpha value is -1.88. The molecule has 0 spiro atoms. The molecule has 0 saturated carbocycles. The van der Waals surface area contributed by atoms with Crippen molar-refractivity contribution in [2.75, 3.05) is 13.7 Å². The van der Waals surface area contributed by atoms with E-state index in [1.807, 2.05) is 38.1 Å². The van der Waals surface area contributed by atoms with E-state index in [2.05, 4.69) is 9.55 Å². The number of benzene rings is 1. The van der Waals surface area contributed by atoms with Crippen molar-refractivity contribution in [3.8, 4) is 0 Å². The number of rotatable bonds is 7. The maximum atomic E-state index is 11.0. The van der Waals surface area contributed by atoms with Gasteiger partial charge in [-0.3, -0.25) is 4.79 Å². The molecule has 0 radical (unpaired) electrons. The molecule has 0 fully saturated rings. The van der Waals surface area contributed by atoms with Gasteiger partial charge in [-0.1, -0.05) is 26.0 Å². The van der Waals surface area contributed by atoms with Gasteiger partial charge in [0.25, 0.3) is 0 Å². The molecule has 0 saturated heterocycles. The quantitative estimate of drug-likeness (QED) is 0.851. The van der Waals surface area contributed by atoms with Gasteiger partial charge in [0.2, 0.25) is 0 Å². The maximum absolute atomic E-state index is 11.0. The molecule has 5 nitrogen and oxygen atoms in total. The number of nitrogens with zero attached hydrogens (tertiary/aromatic N) is 2. The minimum absolute atomic E-state index is 0.125. The SMILES string of the molecule is COCCn1c(CC(C)(C)CC(=O)O)nc2ccccc21. The van der Waals surface area contributed by atoms with Crippen LogP contribution in [0.25, 0.3) is 11.0 Å². The van der Waals surface area contributed by atoms with Crippen molar-refractivity contribution in [3.05, 3.63) is 30.1 Å². The first kappa shape index (κ1) is 15.5. The molecule has 1 aromatic carbocycles. The number of hydrogen-bond donors (Lipinski definition) is 1. The summed E-state index contributed by atoms with van der Waals surface area (Å²) in [6.45, 7) is 5.24. The molecule has 2 rings (SSSR count). The Morgan fingerprint density at radius 2 is 2.10 bits per heavy atom. The lowest BCUT2D eigenvalue weighted by molar-refractivity contribution is -0.139. The predicted octanol–water partition coefficient (Wildman–Crippen LogP) is 2.73. The Bertz CT molecular complexity index is 631. The summed E-state index contributed by atoms with van der Waals surface area (Å²) in [5.74, 6) is 0.138. The first-order valence-electron chi connectivity index (χ1n) is 7.08. The summed E-state index contributed by atoms with van der Waals surface area (Å²) in [6.07, 6.45) is 0.748. The van der Waals surface area contributed by atoms with Crippen molar-refractivity contribution in [3.63, 3.8) is 0 Å². The average molecular weight is 290 g/mol. The molecule has 0 aliphatic rings. The van der Waals surface area contributed by atoms with Crippen LogP contribution in [-0.4, -0.2) is 34.3 Å². The molecule has 0 amide bonds. The molecular formula is C16H22N2O3. The van der Waals surface area contributed by atoms with Crippen LogP contribution in [0.15, 0.2) is 24.3 Å². The van der Waals surface area contributed by atoms with Gasteiger partial charge in [0, 0.05) is 20.1 Å². The summed E-state index contributed by atoms with van der Waals surface area (Å²) in [6, 6.07) is 7.96. The number of carbonyl (C=O) groups is 1. The second kappa shape index (κ2) is 6.26. The number of methoxy groups -OCH3 is 1. The summed E-state index contributed by atoms with van der Waals surface area (Å²) in [4.78, 5) is 15.7. The van der Waals surface area contributed by atoms with Crippen LogP contribution in [0.2, 0.25) is 0 Å². The van der Waals surface area contributed by atoms with E-state index in [9.17, 15) is 4.79 Å². The lowest BCUT2D eigenvalue weighted by Gasteiger charge is -2.22. The number of aliphatic carboxylic acids is 1. The highest BCUT2D eigenvalue weighted by Crippen LogP contribution is 2.27. The Morgan fingerprint density at radius 1 is 1.38 bits per heavy atom. The number of carboxylic acids is 1. The van der Waals surface area contributed by atoms with Crippen molar-refractivity contribution in [1.29, 1.82) is 0 Å². The molecule has 21 heavy (non-hydrogen) atoms. The van der Waals surface area contributed by atoms with Crippen LogP contribution in [0.4, 0.5) is 0 Å². The van der Waals surface area contributed by atoms with Crippen LogP contribution in [0.1, 0.15) is 26.1 Å². The minimum atomic E-state index is -0.778. The summed E-state index contributed by atoms with van der Waals surface area (Å²) in [5.41, 5.74) is 1.67. The fourth-order valence-electron chi connectivity index (χ4n) is 2.59. The summed E-state index contributed by atoms with van der Waals surface area (Å²) in [5, 5.41) is 9.03. The molecule has 114 valence electrons. The summed E-state index contributed by atoms with van der Waals surface area (Å²) < 4.78 is 7.30. The number of fused-ring (bicyclic) bond motifs is 1. The Balaban J connectivity index is 2.35. The molecule has 5 heteroatoms.